The van der Waals surface area contributed by atoms with Crippen molar-refractivity contribution >= 4 is 0 Å². The first-order valence-electron chi connectivity index (χ1n) is 6.58. The first-order valence-corrected chi connectivity index (χ1v) is 6.58. The molecule has 1 fully saturated rings. The Labute approximate surface area is 103 Å². The monoisotopic (exact) mass is 237 g/mol. The molecule has 1 saturated carbocycles. The van der Waals surface area contributed by atoms with Gasteiger partial charge in [0.05, 0.1) is 12.2 Å². The van der Waals surface area contributed by atoms with E-state index in [9.17, 15) is 0 Å². The van der Waals surface area contributed by atoms with Crippen LogP contribution in [-0.2, 0) is 13.1 Å². The second kappa shape index (κ2) is 5.60. The molecule has 5 heteroatoms. The molecule has 3 N–H and O–H groups in total. The van der Waals surface area contributed by atoms with Gasteiger partial charge in [-0.2, -0.15) is 0 Å². The zero-order chi connectivity index (χ0) is 12.1. The van der Waals surface area contributed by atoms with Crippen molar-refractivity contribution in [1.29, 1.82) is 0 Å². The molecule has 0 saturated heterocycles. The van der Waals surface area contributed by atoms with Crippen molar-refractivity contribution in [2.75, 3.05) is 13.1 Å². The third-order valence-electron chi connectivity index (χ3n) is 3.55. The van der Waals surface area contributed by atoms with E-state index in [0.717, 1.165) is 25.3 Å². The fraction of sp³-hybridized carbons (Fsp3) is 0.833. The predicted molar refractivity (Wildman–Crippen MR) is 67.4 cm³/mol. The van der Waals surface area contributed by atoms with E-state index >= 15 is 0 Å². The number of aromatic nitrogens is 3. The molecule has 2 rings (SSSR count). The third kappa shape index (κ3) is 3.51. The van der Waals surface area contributed by atoms with Gasteiger partial charge in [0.15, 0.2) is 0 Å². The molecule has 1 aromatic heterocycles. The summed E-state index contributed by atoms with van der Waals surface area (Å²) >= 11 is 0. The molecule has 0 amide bonds. The minimum absolute atomic E-state index is 0.465. The molecule has 5 nitrogen and oxygen atoms in total. The van der Waals surface area contributed by atoms with Crippen LogP contribution in [0.5, 0.6) is 0 Å². The summed E-state index contributed by atoms with van der Waals surface area (Å²) in [6, 6.07) is 0. The van der Waals surface area contributed by atoms with E-state index in [1.807, 2.05) is 10.9 Å². The first-order chi connectivity index (χ1) is 8.28. The van der Waals surface area contributed by atoms with Crippen LogP contribution in [0.3, 0.4) is 0 Å². The summed E-state index contributed by atoms with van der Waals surface area (Å²) in [5.41, 5.74) is 6.97. The standard InChI is InChI=1S/C12H23N5/c1-2-3-12(4-5-12)10-14-6-7-17-9-11(8-13)15-16-17/h9,14H,2-8,10,13H2,1H3. The Hall–Kier alpha value is -0.940. The van der Waals surface area contributed by atoms with E-state index in [-0.39, 0.29) is 0 Å². The maximum atomic E-state index is 5.49. The van der Waals surface area contributed by atoms with Crippen LogP contribution >= 0.6 is 0 Å². The van der Waals surface area contributed by atoms with Gasteiger partial charge in [0, 0.05) is 25.8 Å². The highest BCUT2D eigenvalue weighted by molar-refractivity contribution is 4.94. The van der Waals surface area contributed by atoms with E-state index in [0.29, 0.717) is 12.0 Å². The zero-order valence-electron chi connectivity index (χ0n) is 10.7. The lowest BCUT2D eigenvalue weighted by atomic mass is 10.0. The highest BCUT2D eigenvalue weighted by atomic mass is 15.4. The predicted octanol–water partition coefficient (Wildman–Crippen LogP) is 0.907. The summed E-state index contributed by atoms with van der Waals surface area (Å²) < 4.78 is 1.86. The van der Waals surface area contributed by atoms with Crippen LogP contribution in [0.15, 0.2) is 6.20 Å². The topological polar surface area (TPSA) is 68.8 Å². The van der Waals surface area contributed by atoms with E-state index in [2.05, 4.69) is 22.6 Å². The Bertz CT molecular complexity index is 342. The van der Waals surface area contributed by atoms with E-state index in [1.54, 1.807) is 0 Å². The van der Waals surface area contributed by atoms with Gasteiger partial charge in [-0.15, -0.1) is 5.10 Å². The van der Waals surface area contributed by atoms with Gasteiger partial charge >= 0.3 is 0 Å². The quantitative estimate of drug-likeness (QED) is 0.659. The van der Waals surface area contributed by atoms with Crippen LogP contribution < -0.4 is 11.1 Å². The Morgan fingerprint density at radius 3 is 2.94 bits per heavy atom. The van der Waals surface area contributed by atoms with Crippen LogP contribution in [0, 0.1) is 5.41 Å². The zero-order valence-corrected chi connectivity index (χ0v) is 10.7. The van der Waals surface area contributed by atoms with Gasteiger partial charge in [0.25, 0.3) is 0 Å². The Morgan fingerprint density at radius 2 is 2.35 bits per heavy atom. The van der Waals surface area contributed by atoms with Gasteiger partial charge in [0.1, 0.15) is 0 Å². The van der Waals surface area contributed by atoms with E-state index in [1.165, 1.54) is 25.7 Å². The summed E-state index contributed by atoms with van der Waals surface area (Å²) in [6.07, 6.45) is 7.37. The van der Waals surface area contributed by atoms with E-state index < -0.39 is 0 Å². The van der Waals surface area contributed by atoms with Gasteiger partial charge in [-0.25, -0.2) is 0 Å². The summed E-state index contributed by atoms with van der Waals surface area (Å²) in [4.78, 5) is 0. The van der Waals surface area contributed by atoms with Crippen LogP contribution in [0.25, 0.3) is 0 Å². The maximum absolute atomic E-state index is 5.49. The summed E-state index contributed by atoms with van der Waals surface area (Å²) in [6.45, 7) is 5.71. The van der Waals surface area contributed by atoms with Crippen LogP contribution in [-0.4, -0.2) is 28.1 Å². The molecule has 0 atom stereocenters. The fourth-order valence-corrected chi connectivity index (χ4v) is 2.31. The SMILES string of the molecule is CCCC1(CNCCn2cc(CN)nn2)CC1. The van der Waals surface area contributed by atoms with Gasteiger partial charge in [0.2, 0.25) is 0 Å². The molecule has 1 aliphatic rings. The maximum Gasteiger partial charge on any atom is 0.0962 e. The van der Waals surface area contributed by atoms with Crippen molar-refractivity contribution in [3.63, 3.8) is 0 Å². The molecule has 0 radical (unpaired) electrons. The van der Waals surface area contributed by atoms with E-state index in [4.69, 9.17) is 5.73 Å². The van der Waals surface area contributed by atoms with Crippen molar-refractivity contribution < 1.29 is 0 Å². The second-order valence-corrected chi connectivity index (χ2v) is 5.10. The first kappa shape index (κ1) is 12.5. The number of nitrogens with zero attached hydrogens (tertiary/aromatic N) is 3. The second-order valence-electron chi connectivity index (χ2n) is 5.10. The molecular formula is C12H23N5. The fourth-order valence-electron chi connectivity index (χ4n) is 2.31. The molecule has 0 aromatic carbocycles. The summed E-state index contributed by atoms with van der Waals surface area (Å²) in [5, 5.41) is 11.5. The minimum atomic E-state index is 0.465. The molecule has 1 heterocycles. The van der Waals surface area contributed by atoms with Gasteiger partial charge < -0.3 is 11.1 Å². The van der Waals surface area contributed by atoms with Crippen molar-refractivity contribution in [3.05, 3.63) is 11.9 Å². The number of hydrogen-bond acceptors (Lipinski definition) is 4. The summed E-state index contributed by atoms with van der Waals surface area (Å²) in [7, 11) is 0. The van der Waals surface area contributed by atoms with Crippen molar-refractivity contribution in [1.82, 2.24) is 20.3 Å². The van der Waals surface area contributed by atoms with Crippen LogP contribution in [0.2, 0.25) is 0 Å². The minimum Gasteiger partial charge on any atom is -0.325 e. The molecule has 0 aliphatic heterocycles. The van der Waals surface area contributed by atoms with Crippen LogP contribution in [0.4, 0.5) is 0 Å². The molecule has 0 unspecified atom stereocenters. The number of rotatable bonds is 8. The number of hydrogen-bond donors (Lipinski definition) is 2. The number of nitrogens with two attached hydrogens (primary N) is 1. The molecule has 1 aliphatic carbocycles. The largest absolute Gasteiger partial charge is 0.325 e. The van der Waals surface area contributed by atoms with Crippen molar-refractivity contribution in [3.8, 4) is 0 Å². The number of nitrogens with one attached hydrogen (secondary N) is 1. The smallest absolute Gasteiger partial charge is 0.0962 e. The molecule has 96 valence electrons. The lowest BCUT2D eigenvalue weighted by Crippen LogP contribution is -2.27. The Morgan fingerprint density at radius 1 is 1.53 bits per heavy atom. The van der Waals surface area contributed by atoms with Gasteiger partial charge in [-0.3, -0.25) is 4.68 Å². The molecule has 1 aromatic rings. The molecule has 17 heavy (non-hydrogen) atoms. The average molecular weight is 237 g/mol. The molecule has 0 bridgehead atoms. The molecule has 0 spiro atoms. The van der Waals surface area contributed by atoms with Crippen molar-refractivity contribution in [2.24, 2.45) is 11.1 Å². The van der Waals surface area contributed by atoms with Gasteiger partial charge in [-0.05, 0) is 24.7 Å². The lowest BCUT2D eigenvalue weighted by Gasteiger charge is -2.14. The Balaban J connectivity index is 1.63. The highest BCUT2D eigenvalue weighted by Crippen LogP contribution is 2.48. The summed E-state index contributed by atoms with van der Waals surface area (Å²) in [5.74, 6) is 0. The highest BCUT2D eigenvalue weighted by Gasteiger charge is 2.40. The Kier molecular flexibility index (Phi) is 4.12. The average Bonchev–Trinajstić information content (AvgIpc) is 2.93. The van der Waals surface area contributed by atoms with Crippen LogP contribution in [0.1, 0.15) is 38.3 Å². The van der Waals surface area contributed by atoms with Gasteiger partial charge in [-0.1, -0.05) is 18.6 Å². The van der Waals surface area contributed by atoms with Crippen molar-refractivity contribution in [2.45, 2.75) is 45.7 Å². The normalized spacial score (nSPS) is 17.3. The lowest BCUT2D eigenvalue weighted by molar-refractivity contribution is 0.410. The third-order valence-corrected chi connectivity index (χ3v) is 3.55. The molecular weight excluding hydrogens is 214 g/mol.